The van der Waals surface area contributed by atoms with Crippen molar-refractivity contribution in [1.82, 2.24) is 20.4 Å². The van der Waals surface area contributed by atoms with Crippen LogP contribution in [0, 0.1) is 0 Å². The Morgan fingerprint density at radius 1 is 1.14 bits per heavy atom. The smallest absolute Gasteiger partial charge is 0.255 e. The predicted octanol–water partition coefficient (Wildman–Crippen LogP) is 5.55. The second-order valence-corrected chi connectivity index (χ2v) is 8.80. The normalized spacial score (nSPS) is 10.8. The molecule has 2 aromatic heterocycles. The van der Waals surface area contributed by atoms with Crippen LogP contribution in [0.2, 0.25) is 5.02 Å². The van der Waals surface area contributed by atoms with Gasteiger partial charge in [-0.15, -0.1) is 10.2 Å². The molecule has 5 aromatic rings. The summed E-state index contributed by atoms with van der Waals surface area (Å²) >= 11 is 7.83. The van der Waals surface area contributed by atoms with E-state index in [0.29, 0.717) is 49.7 Å². The summed E-state index contributed by atoms with van der Waals surface area (Å²) in [7, 11) is 1.48. The van der Waals surface area contributed by atoms with Gasteiger partial charge < -0.3 is 15.4 Å². The van der Waals surface area contributed by atoms with Crippen LogP contribution in [0.3, 0.4) is 0 Å². The van der Waals surface area contributed by atoms with Gasteiger partial charge in [-0.3, -0.25) is 14.7 Å². The summed E-state index contributed by atoms with van der Waals surface area (Å²) < 4.78 is 5.17. The lowest BCUT2D eigenvalue weighted by Crippen LogP contribution is -2.12. The number of nitrogens with one attached hydrogen (secondary N) is 3. The van der Waals surface area contributed by atoms with Crippen LogP contribution in [-0.2, 0) is 0 Å². The van der Waals surface area contributed by atoms with E-state index in [1.807, 2.05) is 24.3 Å². The number of fused-ring (bicyclic) bond motifs is 1. The number of nitrogens with zero attached hydrogens (tertiary/aromatic N) is 3. The molecule has 0 radical (unpaired) electrons. The largest absolute Gasteiger partial charge is 0.497 e. The molecule has 0 fully saturated rings. The highest BCUT2D eigenvalue weighted by molar-refractivity contribution is 7.18. The van der Waals surface area contributed by atoms with Crippen molar-refractivity contribution in [2.45, 2.75) is 0 Å². The topological polar surface area (TPSA) is 122 Å². The van der Waals surface area contributed by atoms with Crippen LogP contribution < -0.4 is 15.4 Å². The fourth-order valence-corrected chi connectivity index (χ4v) is 4.47. The average molecular weight is 505 g/mol. The molecule has 0 saturated heterocycles. The minimum atomic E-state index is -0.368. The van der Waals surface area contributed by atoms with Crippen LogP contribution in [0.1, 0.15) is 20.7 Å². The minimum absolute atomic E-state index is 0.311. The Hall–Kier alpha value is -4.28. The highest BCUT2D eigenvalue weighted by Gasteiger charge is 2.13. The maximum Gasteiger partial charge on any atom is 0.255 e. The first-order valence-electron chi connectivity index (χ1n) is 10.3. The second kappa shape index (κ2) is 9.53. The van der Waals surface area contributed by atoms with Crippen LogP contribution in [-0.4, -0.2) is 39.7 Å². The van der Waals surface area contributed by atoms with Gasteiger partial charge in [0.15, 0.2) is 0 Å². The van der Waals surface area contributed by atoms with Crippen molar-refractivity contribution in [1.29, 1.82) is 0 Å². The molecule has 1 amide bonds. The summed E-state index contributed by atoms with van der Waals surface area (Å²) in [4.78, 5) is 23.9. The summed E-state index contributed by atoms with van der Waals surface area (Å²) in [5, 5.41) is 24.0. The van der Waals surface area contributed by atoms with E-state index in [2.05, 4.69) is 31.0 Å². The number of amides is 1. The zero-order valence-corrected chi connectivity index (χ0v) is 19.8. The van der Waals surface area contributed by atoms with Gasteiger partial charge >= 0.3 is 0 Å². The number of halogens is 1. The fraction of sp³-hybridized carbons (Fsp3) is 0.0417. The molecule has 9 nitrogen and oxygen atoms in total. The lowest BCUT2D eigenvalue weighted by molar-refractivity contribution is 0.102. The number of benzene rings is 3. The van der Waals surface area contributed by atoms with Crippen molar-refractivity contribution in [3.63, 3.8) is 0 Å². The molecule has 0 atom stereocenters. The van der Waals surface area contributed by atoms with Gasteiger partial charge in [0.25, 0.3) is 5.91 Å². The van der Waals surface area contributed by atoms with E-state index in [0.717, 1.165) is 16.5 Å². The molecule has 0 aliphatic carbocycles. The maximum atomic E-state index is 12.8. The molecule has 2 heterocycles. The number of methoxy groups -OCH3 is 1. The molecule has 0 saturated carbocycles. The molecule has 3 aromatic carbocycles. The van der Waals surface area contributed by atoms with E-state index in [4.69, 9.17) is 16.3 Å². The lowest BCUT2D eigenvalue weighted by atomic mass is 10.1. The number of anilines is 3. The van der Waals surface area contributed by atoms with Gasteiger partial charge in [-0.05, 0) is 42.5 Å². The van der Waals surface area contributed by atoms with E-state index < -0.39 is 0 Å². The van der Waals surface area contributed by atoms with Gasteiger partial charge in [-0.25, -0.2) is 0 Å². The van der Waals surface area contributed by atoms with Crippen molar-refractivity contribution >= 4 is 62.5 Å². The van der Waals surface area contributed by atoms with Gasteiger partial charge in [0.1, 0.15) is 17.0 Å². The fourth-order valence-electron chi connectivity index (χ4n) is 3.46. The Balaban J connectivity index is 1.34. The molecule has 5 rings (SSSR count). The molecule has 0 spiro atoms. The average Bonchev–Trinajstić information content (AvgIpc) is 3.56. The monoisotopic (exact) mass is 504 g/mol. The number of aldehydes is 1. The summed E-state index contributed by atoms with van der Waals surface area (Å²) in [5.74, 6) is 0.0578. The molecule has 174 valence electrons. The number of rotatable bonds is 7. The standard InChI is InChI=1S/C24H17ClN6O3S/c1-34-17-8-13(12-32)7-15(10-17)22(33)27-16-4-2-3-14(9-16)23-30-31-24(35-23)28-20-6-5-19-18(21(20)25)11-26-29-19/h2-12H,1H3,(H,26,29)(H,27,33)(H,28,31). The Morgan fingerprint density at radius 2 is 2.03 bits per heavy atom. The van der Waals surface area contributed by atoms with Gasteiger partial charge in [0, 0.05) is 27.8 Å². The third kappa shape index (κ3) is 4.70. The summed E-state index contributed by atoms with van der Waals surface area (Å²) in [6, 6.07) is 15.6. The van der Waals surface area contributed by atoms with Crippen LogP contribution in [0.4, 0.5) is 16.5 Å². The van der Waals surface area contributed by atoms with Crippen molar-refractivity contribution in [2.24, 2.45) is 0 Å². The predicted molar refractivity (Wildman–Crippen MR) is 136 cm³/mol. The molecule has 0 aliphatic rings. The van der Waals surface area contributed by atoms with Crippen LogP contribution >= 0.6 is 22.9 Å². The van der Waals surface area contributed by atoms with Crippen LogP contribution in [0.15, 0.2) is 60.8 Å². The molecule has 0 bridgehead atoms. The Labute approximate surface area is 208 Å². The molecule has 35 heavy (non-hydrogen) atoms. The number of hydrogen-bond donors (Lipinski definition) is 3. The number of hydrogen-bond acceptors (Lipinski definition) is 8. The third-order valence-corrected chi connectivity index (χ3v) is 6.45. The number of ether oxygens (including phenoxy) is 1. The number of aromatic nitrogens is 4. The zero-order valence-electron chi connectivity index (χ0n) is 18.2. The first-order valence-corrected chi connectivity index (χ1v) is 11.5. The van der Waals surface area contributed by atoms with E-state index in [1.54, 1.807) is 30.5 Å². The van der Waals surface area contributed by atoms with E-state index in [9.17, 15) is 9.59 Å². The lowest BCUT2D eigenvalue weighted by Gasteiger charge is -2.08. The van der Waals surface area contributed by atoms with Crippen molar-refractivity contribution in [3.8, 4) is 16.3 Å². The molecule has 0 aliphatic heterocycles. The summed E-state index contributed by atoms with van der Waals surface area (Å²) in [6.45, 7) is 0. The SMILES string of the molecule is COc1cc(C=O)cc(C(=O)Nc2cccc(-c3nnc(Nc4ccc5[nH]ncc5c4Cl)s3)c2)c1. The quantitative estimate of drug-likeness (QED) is 0.248. The van der Waals surface area contributed by atoms with Crippen LogP contribution in [0.5, 0.6) is 5.75 Å². The number of carbonyl (C=O) groups is 2. The second-order valence-electron chi connectivity index (χ2n) is 7.44. The van der Waals surface area contributed by atoms with Crippen molar-refractivity contribution in [3.05, 3.63) is 76.9 Å². The van der Waals surface area contributed by atoms with E-state index >= 15 is 0 Å². The Bertz CT molecular complexity index is 1560. The Morgan fingerprint density at radius 3 is 2.86 bits per heavy atom. The third-order valence-electron chi connectivity index (χ3n) is 5.16. The molecular weight excluding hydrogens is 488 g/mol. The van der Waals surface area contributed by atoms with Gasteiger partial charge in [0.05, 0.1) is 29.5 Å². The maximum absolute atomic E-state index is 12.8. The van der Waals surface area contributed by atoms with Gasteiger partial charge in [-0.2, -0.15) is 5.10 Å². The highest BCUT2D eigenvalue weighted by atomic mass is 35.5. The van der Waals surface area contributed by atoms with E-state index in [1.165, 1.54) is 24.5 Å². The first-order chi connectivity index (χ1) is 17.0. The number of carbonyl (C=O) groups excluding carboxylic acids is 2. The highest BCUT2D eigenvalue weighted by Crippen LogP contribution is 2.34. The molecule has 11 heteroatoms. The summed E-state index contributed by atoms with van der Waals surface area (Å²) in [6.07, 6.45) is 2.33. The first kappa shape index (κ1) is 22.5. The van der Waals surface area contributed by atoms with Gasteiger partial charge in [-0.1, -0.05) is 35.1 Å². The molecular formula is C24H17ClN6O3S. The molecule has 0 unspecified atom stereocenters. The van der Waals surface area contributed by atoms with Gasteiger partial charge in [0.2, 0.25) is 5.13 Å². The Kier molecular flexibility index (Phi) is 6.13. The minimum Gasteiger partial charge on any atom is -0.497 e. The van der Waals surface area contributed by atoms with Crippen LogP contribution in [0.25, 0.3) is 21.5 Å². The number of aromatic amines is 1. The summed E-state index contributed by atoms with van der Waals surface area (Å²) in [5.41, 5.74) is 3.55. The zero-order chi connectivity index (χ0) is 24.4. The molecule has 3 N–H and O–H groups in total. The van der Waals surface area contributed by atoms with E-state index in [-0.39, 0.29) is 5.91 Å². The van der Waals surface area contributed by atoms with Crippen molar-refractivity contribution < 1.29 is 14.3 Å². The van der Waals surface area contributed by atoms with Crippen molar-refractivity contribution in [2.75, 3.05) is 17.7 Å². The number of H-pyrrole nitrogens is 1.